The Morgan fingerprint density at radius 2 is 2.16 bits per heavy atom. The minimum atomic E-state index is -0.335. The van der Waals surface area contributed by atoms with Crippen LogP contribution in [0.25, 0.3) is 0 Å². The van der Waals surface area contributed by atoms with Gasteiger partial charge in [0.1, 0.15) is 0 Å². The molecule has 1 heterocycles. The van der Waals surface area contributed by atoms with Crippen LogP contribution in [0.15, 0.2) is 18.2 Å². The largest absolute Gasteiger partial charge is 0.398 e. The molecule has 1 aliphatic rings. The van der Waals surface area contributed by atoms with Gasteiger partial charge in [-0.3, -0.25) is 0 Å². The van der Waals surface area contributed by atoms with Crippen LogP contribution in [0.5, 0.6) is 0 Å². The maximum atomic E-state index is 9.64. The van der Waals surface area contributed by atoms with Gasteiger partial charge in [0.05, 0.1) is 24.6 Å². The monoisotopic (exact) mass is 261 g/mol. The first kappa shape index (κ1) is 13.7. The zero-order chi connectivity index (χ0) is 13.7. The molecule has 1 aromatic rings. The molecule has 1 fully saturated rings. The minimum Gasteiger partial charge on any atom is -0.398 e. The van der Waals surface area contributed by atoms with E-state index in [0.29, 0.717) is 18.9 Å². The van der Waals surface area contributed by atoms with Crippen molar-refractivity contribution in [1.82, 2.24) is 0 Å². The highest BCUT2D eigenvalue weighted by molar-refractivity contribution is 5.59. The molecule has 0 saturated carbocycles. The van der Waals surface area contributed by atoms with Crippen molar-refractivity contribution in [3.63, 3.8) is 0 Å². The molecule has 0 radical (unpaired) electrons. The van der Waals surface area contributed by atoms with Crippen LogP contribution in [0.4, 0.5) is 11.4 Å². The average molecular weight is 261 g/mol. The molecular formula is C14H19N3O2. The lowest BCUT2D eigenvalue weighted by atomic mass is 9.90. The van der Waals surface area contributed by atoms with Crippen LogP contribution < -0.4 is 11.1 Å². The summed E-state index contributed by atoms with van der Waals surface area (Å²) in [6, 6.07) is 7.65. The first-order valence-electron chi connectivity index (χ1n) is 6.41. The Morgan fingerprint density at radius 3 is 2.79 bits per heavy atom. The van der Waals surface area contributed by atoms with Crippen LogP contribution in [0, 0.1) is 11.3 Å². The Bertz CT molecular complexity index is 476. The summed E-state index contributed by atoms with van der Waals surface area (Å²) in [6.07, 6.45) is 1.82. The van der Waals surface area contributed by atoms with Crippen LogP contribution in [-0.4, -0.2) is 30.5 Å². The Kier molecular flexibility index (Phi) is 4.25. The number of hydrogen-bond donors (Lipinski definition) is 3. The molecule has 0 aliphatic carbocycles. The zero-order valence-corrected chi connectivity index (χ0v) is 10.9. The molecule has 5 heteroatoms. The summed E-state index contributed by atoms with van der Waals surface area (Å²) in [5.74, 6) is 0. The fourth-order valence-corrected chi connectivity index (χ4v) is 2.31. The quantitative estimate of drug-likeness (QED) is 0.710. The zero-order valence-electron chi connectivity index (χ0n) is 10.9. The molecule has 5 nitrogen and oxygen atoms in total. The Morgan fingerprint density at radius 1 is 1.42 bits per heavy atom. The van der Waals surface area contributed by atoms with Crippen molar-refractivity contribution < 1.29 is 9.84 Å². The van der Waals surface area contributed by atoms with Crippen molar-refractivity contribution in [1.29, 1.82) is 5.26 Å². The predicted octanol–water partition coefficient (Wildman–Crippen LogP) is 1.29. The number of ether oxygens (including phenoxy) is 1. The van der Waals surface area contributed by atoms with Gasteiger partial charge in [0.15, 0.2) is 0 Å². The first-order chi connectivity index (χ1) is 9.19. The minimum absolute atomic E-state index is 0.0638. The van der Waals surface area contributed by atoms with Gasteiger partial charge in [-0.1, -0.05) is 0 Å². The molecule has 0 bridgehead atoms. The maximum Gasteiger partial charge on any atom is 0.0670 e. The van der Waals surface area contributed by atoms with E-state index in [2.05, 4.69) is 11.4 Å². The van der Waals surface area contributed by atoms with Crippen molar-refractivity contribution in [2.75, 3.05) is 30.9 Å². The summed E-state index contributed by atoms with van der Waals surface area (Å²) in [5, 5.41) is 21.8. The number of anilines is 2. The second kappa shape index (κ2) is 5.91. The van der Waals surface area contributed by atoms with Crippen LogP contribution >= 0.6 is 0 Å². The van der Waals surface area contributed by atoms with Crippen molar-refractivity contribution in [2.24, 2.45) is 0 Å². The number of aliphatic hydroxyl groups excluding tert-OH is 1. The number of nitrogens with one attached hydrogen (secondary N) is 1. The summed E-state index contributed by atoms with van der Waals surface area (Å²) >= 11 is 0. The lowest BCUT2D eigenvalue weighted by Crippen LogP contribution is -2.46. The Hall–Kier alpha value is -1.77. The highest BCUT2D eigenvalue weighted by Crippen LogP contribution is 2.27. The second-order valence-corrected chi connectivity index (χ2v) is 4.92. The average Bonchev–Trinajstić information content (AvgIpc) is 2.44. The fourth-order valence-electron chi connectivity index (χ4n) is 2.31. The van der Waals surface area contributed by atoms with E-state index in [1.807, 2.05) is 12.1 Å². The lowest BCUT2D eigenvalue weighted by Gasteiger charge is -2.37. The standard InChI is InChI=1S/C14H19N3O2/c15-6-3-11-9-12(1-2-13(11)16)17-14(10-18)4-7-19-8-5-14/h1-2,9,17-18H,3-5,7-8,10,16H2. The number of aliphatic hydroxyl groups is 1. The number of hydrogen-bond acceptors (Lipinski definition) is 5. The van der Waals surface area contributed by atoms with Gasteiger partial charge in [-0.25, -0.2) is 0 Å². The van der Waals surface area contributed by atoms with Gasteiger partial charge in [0.25, 0.3) is 0 Å². The lowest BCUT2D eigenvalue weighted by molar-refractivity contribution is 0.0380. The second-order valence-electron chi connectivity index (χ2n) is 4.92. The van der Waals surface area contributed by atoms with Gasteiger partial charge >= 0.3 is 0 Å². The third-order valence-corrected chi connectivity index (χ3v) is 3.57. The van der Waals surface area contributed by atoms with Crippen molar-refractivity contribution in [3.05, 3.63) is 23.8 Å². The predicted molar refractivity (Wildman–Crippen MR) is 73.7 cm³/mol. The molecular weight excluding hydrogens is 242 g/mol. The molecule has 0 amide bonds. The SMILES string of the molecule is N#CCc1cc(NC2(CO)CCOCC2)ccc1N. The van der Waals surface area contributed by atoms with E-state index in [1.54, 1.807) is 6.07 Å². The first-order valence-corrected chi connectivity index (χ1v) is 6.41. The van der Waals surface area contributed by atoms with Gasteiger partial charge in [0, 0.05) is 24.6 Å². The van der Waals surface area contributed by atoms with Gasteiger partial charge in [-0.05, 0) is 36.6 Å². The normalized spacial score (nSPS) is 17.7. The van der Waals surface area contributed by atoms with E-state index < -0.39 is 0 Å². The van der Waals surface area contributed by atoms with Crippen LogP contribution in [-0.2, 0) is 11.2 Å². The van der Waals surface area contributed by atoms with Gasteiger partial charge in [-0.2, -0.15) is 5.26 Å². The molecule has 0 atom stereocenters. The molecule has 0 spiro atoms. The maximum absolute atomic E-state index is 9.64. The smallest absolute Gasteiger partial charge is 0.0670 e. The van der Waals surface area contributed by atoms with E-state index in [0.717, 1.165) is 24.1 Å². The number of nitrogens with zero attached hydrogens (tertiary/aromatic N) is 1. The molecule has 4 N–H and O–H groups in total. The summed E-state index contributed by atoms with van der Waals surface area (Å²) < 4.78 is 5.33. The van der Waals surface area contributed by atoms with Crippen molar-refractivity contribution in [2.45, 2.75) is 24.8 Å². The highest BCUT2D eigenvalue weighted by atomic mass is 16.5. The molecule has 0 aromatic heterocycles. The Labute approximate surface area is 113 Å². The van der Waals surface area contributed by atoms with Crippen molar-refractivity contribution in [3.8, 4) is 6.07 Å². The summed E-state index contributed by atoms with van der Waals surface area (Å²) in [6.45, 7) is 1.36. The van der Waals surface area contributed by atoms with E-state index in [1.165, 1.54) is 0 Å². The third-order valence-electron chi connectivity index (χ3n) is 3.57. The highest BCUT2D eigenvalue weighted by Gasteiger charge is 2.31. The summed E-state index contributed by atoms with van der Waals surface area (Å²) in [7, 11) is 0. The summed E-state index contributed by atoms with van der Waals surface area (Å²) in [5.41, 5.74) is 7.81. The molecule has 1 saturated heterocycles. The Balaban J connectivity index is 2.17. The number of nitrogens with two attached hydrogens (primary N) is 1. The van der Waals surface area contributed by atoms with Crippen molar-refractivity contribution >= 4 is 11.4 Å². The molecule has 0 unspecified atom stereocenters. The number of benzene rings is 1. The number of nitrogen functional groups attached to an aromatic ring is 1. The third kappa shape index (κ3) is 3.16. The van der Waals surface area contributed by atoms with Gasteiger partial charge < -0.3 is 20.9 Å². The molecule has 19 heavy (non-hydrogen) atoms. The van der Waals surface area contributed by atoms with E-state index in [9.17, 15) is 5.11 Å². The van der Waals surface area contributed by atoms with Crippen LogP contribution in [0.2, 0.25) is 0 Å². The molecule has 1 aromatic carbocycles. The molecule has 2 rings (SSSR count). The van der Waals surface area contributed by atoms with Crippen LogP contribution in [0.3, 0.4) is 0 Å². The van der Waals surface area contributed by atoms with E-state index in [4.69, 9.17) is 15.7 Å². The fraction of sp³-hybridized carbons (Fsp3) is 0.500. The van der Waals surface area contributed by atoms with Gasteiger partial charge in [-0.15, -0.1) is 0 Å². The van der Waals surface area contributed by atoms with E-state index >= 15 is 0 Å². The number of rotatable bonds is 4. The van der Waals surface area contributed by atoms with Gasteiger partial charge in [0.2, 0.25) is 0 Å². The van der Waals surface area contributed by atoms with Crippen LogP contribution in [0.1, 0.15) is 18.4 Å². The molecule has 1 aliphatic heterocycles. The summed E-state index contributed by atoms with van der Waals surface area (Å²) in [4.78, 5) is 0. The topological polar surface area (TPSA) is 91.3 Å². The molecule has 102 valence electrons. The van der Waals surface area contributed by atoms with E-state index in [-0.39, 0.29) is 18.6 Å². The number of nitriles is 1.